The minimum absolute atomic E-state index is 0.0914. The average Bonchev–Trinajstić information content (AvgIpc) is 2.81. The zero-order chi connectivity index (χ0) is 9.14. The van der Waals surface area contributed by atoms with Crippen molar-refractivity contribution in [2.24, 2.45) is 5.73 Å². The lowest BCUT2D eigenvalue weighted by atomic mass is 10.2. The molecule has 4 heteroatoms. The summed E-state index contributed by atoms with van der Waals surface area (Å²) in [6.07, 6.45) is 2.25. The van der Waals surface area contributed by atoms with Crippen LogP contribution in [-0.4, -0.2) is 41.1 Å². The van der Waals surface area contributed by atoms with Crippen molar-refractivity contribution in [1.82, 2.24) is 4.90 Å². The van der Waals surface area contributed by atoms with Crippen LogP contribution >= 0.6 is 0 Å². The molecule has 1 rings (SSSR count). The van der Waals surface area contributed by atoms with Gasteiger partial charge in [0.25, 0.3) is 0 Å². The van der Waals surface area contributed by atoms with Gasteiger partial charge in [0.15, 0.2) is 0 Å². The number of rotatable bonds is 5. The van der Waals surface area contributed by atoms with Crippen molar-refractivity contribution in [2.75, 3.05) is 13.2 Å². The highest BCUT2D eigenvalue weighted by Crippen LogP contribution is 2.27. The molecule has 0 spiro atoms. The Bertz CT molecular complexity index is 168. The number of primary amides is 1. The largest absolute Gasteiger partial charge is 0.395 e. The van der Waals surface area contributed by atoms with Gasteiger partial charge < -0.3 is 10.8 Å². The van der Waals surface area contributed by atoms with E-state index in [2.05, 4.69) is 0 Å². The molecule has 0 aliphatic heterocycles. The third-order valence-electron chi connectivity index (χ3n) is 2.28. The van der Waals surface area contributed by atoms with Gasteiger partial charge in [0.05, 0.1) is 12.6 Å². The first-order valence-corrected chi connectivity index (χ1v) is 4.32. The second kappa shape index (κ2) is 3.87. The Morgan fingerprint density at radius 3 is 2.67 bits per heavy atom. The molecule has 70 valence electrons. The number of nitrogens with two attached hydrogens (primary N) is 1. The molecule has 1 aliphatic carbocycles. The number of amides is 1. The number of hydrogen-bond donors (Lipinski definition) is 2. The van der Waals surface area contributed by atoms with E-state index < -0.39 is 0 Å². The lowest BCUT2D eigenvalue weighted by Crippen LogP contribution is -2.45. The van der Waals surface area contributed by atoms with E-state index in [4.69, 9.17) is 10.8 Å². The molecule has 1 unspecified atom stereocenters. The molecule has 0 heterocycles. The molecule has 0 aromatic heterocycles. The number of carbonyl (C=O) groups excluding carboxylic acids is 1. The normalized spacial score (nSPS) is 19.6. The first-order valence-electron chi connectivity index (χ1n) is 4.32. The van der Waals surface area contributed by atoms with Gasteiger partial charge in [-0.25, -0.2) is 0 Å². The van der Waals surface area contributed by atoms with Crippen LogP contribution in [-0.2, 0) is 4.79 Å². The van der Waals surface area contributed by atoms with Gasteiger partial charge >= 0.3 is 0 Å². The minimum Gasteiger partial charge on any atom is -0.395 e. The van der Waals surface area contributed by atoms with Crippen LogP contribution < -0.4 is 5.73 Å². The molecule has 0 bridgehead atoms. The van der Waals surface area contributed by atoms with E-state index >= 15 is 0 Å². The first-order chi connectivity index (χ1) is 5.66. The summed E-state index contributed by atoms with van der Waals surface area (Å²) in [4.78, 5) is 12.8. The minimum atomic E-state index is -0.310. The number of aliphatic hydroxyl groups is 1. The molecular weight excluding hydrogens is 156 g/mol. The van der Waals surface area contributed by atoms with Crippen LogP contribution in [0.25, 0.3) is 0 Å². The van der Waals surface area contributed by atoms with Gasteiger partial charge in [-0.15, -0.1) is 0 Å². The van der Waals surface area contributed by atoms with E-state index in [0.29, 0.717) is 12.6 Å². The summed E-state index contributed by atoms with van der Waals surface area (Å²) in [7, 11) is 0. The predicted molar refractivity (Wildman–Crippen MR) is 45.5 cm³/mol. The van der Waals surface area contributed by atoms with Crippen molar-refractivity contribution < 1.29 is 9.90 Å². The van der Waals surface area contributed by atoms with Crippen LogP contribution in [0.15, 0.2) is 0 Å². The van der Waals surface area contributed by atoms with Crippen molar-refractivity contribution in [1.29, 1.82) is 0 Å². The Kier molecular flexibility index (Phi) is 3.05. The molecule has 1 fully saturated rings. The SMILES string of the molecule is CC(C(N)=O)N(CCO)C1CC1. The predicted octanol–water partition coefficient (Wildman–Crippen LogP) is -0.683. The van der Waals surface area contributed by atoms with E-state index in [9.17, 15) is 4.79 Å². The molecule has 4 nitrogen and oxygen atoms in total. The van der Waals surface area contributed by atoms with Crippen LogP contribution in [0.5, 0.6) is 0 Å². The summed E-state index contributed by atoms with van der Waals surface area (Å²) in [5.74, 6) is -0.310. The maximum absolute atomic E-state index is 10.8. The summed E-state index contributed by atoms with van der Waals surface area (Å²) in [5, 5.41) is 8.75. The van der Waals surface area contributed by atoms with E-state index in [1.54, 1.807) is 6.92 Å². The van der Waals surface area contributed by atoms with E-state index in [1.807, 2.05) is 4.90 Å². The standard InChI is InChI=1S/C8H16N2O2/c1-6(8(9)12)10(4-5-11)7-2-3-7/h6-7,11H,2-5H2,1H3,(H2,9,12). The monoisotopic (exact) mass is 172 g/mol. The Balaban J connectivity index is 2.45. The number of nitrogens with zero attached hydrogens (tertiary/aromatic N) is 1. The van der Waals surface area contributed by atoms with Crippen molar-refractivity contribution in [3.63, 3.8) is 0 Å². The van der Waals surface area contributed by atoms with Gasteiger partial charge in [-0.1, -0.05) is 0 Å². The van der Waals surface area contributed by atoms with Gasteiger partial charge in [0.1, 0.15) is 0 Å². The Morgan fingerprint density at radius 2 is 2.33 bits per heavy atom. The molecule has 0 saturated heterocycles. The molecule has 1 amide bonds. The highest BCUT2D eigenvalue weighted by Gasteiger charge is 2.33. The second-order valence-corrected chi connectivity index (χ2v) is 3.27. The number of carbonyl (C=O) groups is 1. The fourth-order valence-corrected chi connectivity index (χ4v) is 1.38. The van der Waals surface area contributed by atoms with Crippen molar-refractivity contribution >= 4 is 5.91 Å². The van der Waals surface area contributed by atoms with Gasteiger partial charge in [-0.2, -0.15) is 0 Å². The fraction of sp³-hybridized carbons (Fsp3) is 0.875. The lowest BCUT2D eigenvalue weighted by molar-refractivity contribution is -0.123. The lowest BCUT2D eigenvalue weighted by Gasteiger charge is -2.25. The Morgan fingerprint density at radius 1 is 1.75 bits per heavy atom. The quantitative estimate of drug-likeness (QED) is 0.577. The molecule has 1 aliphatic rings. The highest BCUT2D eigenvalue weighted by atomic mass is 16.3. The van der Waals surface area contributed by atoms with Gasteiger partial charge in [-0.05, 0) is 19.8 Å². The first kappa shape index (κ1) is 9.48. The fourth-order valence-electron chi connectivity index (χ4n) is 1.38. The zero-order valence-corrected chi connectivity index (χ0v) is 7.36. The molecule has 0 aromatic rings. The van der Waals surface area contributed by atoms with E-state index in [1.165, 1.54) is 0 Å². The molecule has 3 N–H and O–H groups in total. The number of aliphatic hydroxyl groups excluding tert-OH is 1. The summed E-state index contributed by atoms with van der Waals surface area (Å²) in [6.45, 7) is 2.43. The van der Waals surface area contributed by atoms with Crippen molar-refractivity contribution in [3.05, 3.63) is 0 Å². The maximum Gasteiger partial charge on any atom is 0.234 e. The smallest absolute Gasteiger partial charge is 0.234 e. The van der Waals surface area contributed by atoms with E-state index in [-0.39, 0.29) is 18.6 Å². The van der Waals surface area contributed by atoms with Crippen LogP contribution in [0.1, 0.15) is 19.8 Å². The number of hydrogen-bond acceptors (Lipinski definition) is 3. The van der Waals surface area contributed by atoms with Crippen LogP contribution in [0, 0.1) is 0 Å². The highest BCUT2D eigenvalue weighted by molar-refractivity contribution is 5.79. The van der Waals surface area contributed by atoms with Gasteiger partial charge in [-0.3, -0.25) is 9.69 Å². The third kappa shape index (κ3) is 2.19. The molecular formula is C8H16N2O2. The Hall–Kier alpha value is -0.610. The van der Waals surface area contributed by atoms with Crippen molar-refractivity contribution in [2.45, 2.75) is 31.8 Å². The van der Waals surface area contributed by atoms with Crippen LogP contribution in [0.4, 0.5) is 0 Å². The molecule has 1 saturated carbocycles. The van der Waals surface area contributed by atoms with E-state index in [0.717, 1.165) is 12.8 Å². The maximum atomic E-state index is 10.8. The summed E-state index contributed by atoms with van der Waals surface area (Å²) < 4.78 is 0. The second-order valence-electron chi connectivity index (χ2n) is 3.27. The molecule has 0 aromatic carbocycles. The molecule has 12 heavy (non-hydrogen) atoms. The topological polar surface area (TPSA) is 66.6 Å². The zero-order valence-electron chi connectivity index (χ0n) is 7.36. The van der Waals surface area contributed by atoms with Crippen LogP contribution in [0.2, 0.25) is 0 Å². The summed E-state index contributed by atoms with van der Waals surface area (Å²) in [6, 6.07) is 0.226. The average molecular weight is 172 g/mol. The van der Waals surface area contributed by atoms with Gasteiger partial charge in [0.2, 0.25) is 5.91 Å². The van der Waals surface area contributed by atoms with Crippen LogP contribution in [0.3, 0.4) is 0 Å². The Labute approximate surface area is 72.3 Å². The molecule has 0 radical (unpaired) electrons. The molecule has 1 atom stereocenters. The van der Waals surface area contributed by atoms with Gasteiger partial charge in [0, 0.05) is 12.6 Å². The third-order valence-corrected chi connectivity index (χ3v) is 2.28. The summed E-state index contributed by atoms with van der Waals surface area (Å²) >= 11 is 0. The summed E-state index contributed by atoms with van der Waals surface area (Å²) in [5.41, 5.74) is 5.17. The van der Waals surface area contributed by atoms with Crippen molar-refractivity contribution in [3.8, 4) is 0 Å².